The van der Waals surface area contributed by atoms with Crippen LogP contribution in [0.4, 0.5) is 5.69 Å². The first-order valence-corrected chi connectivity index (χ1v) is 8.02. The predicted octanol–water partition coefficient (Wildman–Crippen LogP) is 3.53. The van der Waals surface area contributed by atoms with Crippen molar-refractivity contribution >= 4 is 46.3 Å². The summed E-state index contributed by atoms with van der Waals surface area (Å²) in [7, 11) is 0. The summed E-state index contributed by atoms with van der Waals surface area (Å²) in [6, 6.07) is 5.69. The van der Waals surface area contributed by atoms with Crippen LogP contribution in [0.2, 0.25) is 5.02 Å². The van der Waals surface area contributed by atoms with Crippen molar-refractivity contribution < 1.29 is 0 Å². The Kier molecular flexibility index (Phi) is 5.15. The molecule has 5 heteroatoms. The van der Waals surface area contributed by atoms with Crippen LogP contribution in [0.15, 0.2) is 18.2 Å². The summed E-state index contributed by atoms with van der Waals surface area (Å²) >= 11 is 13.2. The average Bonchev–Trinajstić information content (AvgIpc) is 2.38. The summed E-state index contributed by atoms with van der Waals surface area (Å²) in [5, 5.41) is 4.11. The molecule has 0 aromatic heterocycles. The van der Waals surface area contributed by atoms with Crippen LogP contribution in [0.25, 0.3) is 0 Å². The monoisotopic (exact) mass is 300 g/mol. The van der Waals surface area contributed by atoms with Gasteiger partial charge in [-0.1, -0.05) is 23.8 Å². The summed E-state index contributed by atoms with van der Waals surface area (Å²) in [6.45, 7) is 0.993. The standard InChI is InChI=1S/C13H17ClN2S2/c14-11-7-10(13(15)17)1-2-12(11)16-8-9-3-5-18-6-4-9/h1-2,7,9,16H,3-6,8H2,(H2,15,17). The van der Waals surface area contributed by atoms with Gasteiger partial charge in [0.15, 0.2) is 0 Å². The lowest BCUT2D eigenvalue weighted by atomic mass is 10.0. The van der Waals surface area contributed by atoms with E-state index in [1.54, 1.807) is 0 Å². The van der Waals surface area contributed by atoms with Crippen LogP contribution in [0, 0.1) is 5.92 Å². The first kappa shape index (κ1) is 14.0. The first-order valence-electron chi connectivity index (χ1n) is 6.08. The third kappa shape index (κ3) is 3.77. The van der Waals surface area contributed by atoms with Gasteiger partial charge < -0.3 is 11.1 Å². The van der Waals surface area contributed by atoms with Gasteiger partial charge in [-0.3, -0.25) is 0 Å². The normalized spacial score (nSPS) is 16.5. The van der Waals surface area contributed by atoms with Crippen molar-refractivity contribution in [2.24, 2.45) is 11.7 Å². The smallest absolute Gasteiger partial charge is 0.104 e. The highest BCUT2D eigenvalue weighted by Crippen LogP contribution is 2.26. The number of thiocarbonyl (C=S) groups is 1. The average molecular weight is 301 g/mol. The zero-order valence-corrected chi connectivity index (χ0v) is 12.5. The molecule has 1 aliphatic heterocycles. The topological polar surface area (TPSA) is 38.0 Å². The molecule has 98 valence electrons. The Bertz CT molecular complexity index is 431. The van der Waals surface area contributed by atoms with Gasteiger partial charge in [-0.2, -0.15) is 11.8 Å². The number of thioether (sulfide) groups is 1. The van der Waals surface area contributed by atoms with E-state index in [2.05, 4.69) is 5.32 Å². The Morgan fingerprint density at radius 2 is 2.17 bits per heavy atom. The van der Waals surface area contributed by atoms with Gasteiger partial charge in [-0.25, -0.2) is 0 Å². The van der Waals surface area contributed by atoms with Crippen molar-refractivity contribution in [3.8, 4) is 0 Å². The summed E-state index contributed by atoms with van der Waals surface area (Å²) in [4.78, 5) is 0.382. The molecule has 1 saturated heterocycles. The SMILES string of the molecule is NC(=S)c1ccc(NCC2CCSCC2)c(Cl)c1. The van der Waals surface area contributed by atoms with Gasteiger partial charge in [-0.05, 0) is 48.5 Å². The zero-order chi connectivity index (χ0) is 13.0. The van der Waals surface area contributed by atoms with Crippen LogP contribution in [0.1, 0.15) is 18.4 Å². The lowest BCUT2D eigenvalue weighted by Crippen LogP contribution is -2.19. The van der Waals surface area contributed by atoms with Crippen molar-refractivity contribution in [3.63, 3.8) is 0 Å². The molecule has 2 nitrogen and oxygen atoms in total. The number of hydrogen-bond acceptors (Lipinski definition) is 3. The predicted molar refractivity (Wildman–Crippen MR) is 85.9 cm³/mol. The number of anilines is 1. The van der Waals surface area contributed by atoms with E-state index in [9.17, 15) is 0 Å². The van der Waals surface area contributed by atoms with E-state index < -0.39 is 0 Å². The number of halogens is 1. The highest BCUT2D eigenvalue weighted by atomic mass is 35.5. The second kappa shape index (κ2) is 6.64. The maximum Gasteiger partial charge on any atom is 0.104 e. The molecule has 1 fully saturated rings. The van der Waals surface area contributed by atoms with Gasteiger partial charge in [-0.15, -0.1) is 0 Å². The Hall–Kier alpha value is -0.450. The molecule has 0 amide bonds. The van der Waals surface area contributed by atoms with Gasteiger partial charge in [0, 0.05) is 12.1 Å². The second-order valence-electron chi connectivity index (χ2n) is 4.50. The van der Waals surface area contributed by atoms with E-state index in [0.717, 1.165) is 23.7 Å². The van der Waals surface area contributed by atoms with Crippen molar-refractivity contribution in [2.45, 2.75) is 12.8 Å². The number of hydrogen-bond donors (Lipinski definition) is 2. The molecule has 1 heterocycles. The largest absolute Gasteiger partial charge is 0.389 e. The lowest BCUT2D eigenvalue weighted by molar-refractivity contribution is 0.516. The molecule has 0 aliphatic carbocycles. The number of nitrogens with one attached hydrogen (secondary N) is 1. The van der Waals surface area contributed by atoms with E-state index in [-0.39, 0.29) is 0 Å². The zero-order valence-electron chi connectivity index (χ0n) is 10.1. The molecule has 1 aromatic carbocycles. The molecule has 0 atom stereocenters. The van der Waals surface area contributed by atoms with Crippen LogP contribution >= 0.6 is 35.6 Å². The van der Waals surface area contributed by atoms with Crippen LogP contribution in [-0.4, -0.2) is 23.0 Å². The fourth-order valence-corrected chi connectivity index (χ4v) is 3.60. The molecule has 0 saturated carbocycles. The summed E-state index contributed by atoms with van der Waals surface area (Å²) in [6.07, 6.45) is 2.58. The number of benzene rings is 1. The van der Waals surface area contributed by atoms with E-state index in [1.165, 1.54) is 24.3 Å². The fraction of sp³-hybridized carbons (Fsp3) is 0.462. The third-order valence-electron chi connectivity index (χ3n) is 3.18. The molecule has 3 N–H and O–H groups in total. The lowest BCUT2D eigenvalue weighted by Gasteiger charge is -2.22. The van der Waals surface area contributed by atoms with Crippen LogP contribution in [-0.2, 0) is 0 Å². The minimum Gasteiger partial charge on any atom is -0.389 e. The molecule has 1 aliphatic rings. The van der Waals surface area contributed by atoms with Gasteiger partial charge in [0.1, 0.15) is 4.99 Å². The van der Waals surface area contributed by atoms with Crippen LogP contribution in [0.3, 0.4) is 0 Å². The second-order valence-corrected chi connectivity index (χ2v) is 6.57. The third-order valence-corrected chi connectivity index (χ3v) is 4.77. The minimum absolute atomic E-state index is 0.382. The van der Waals surface area contributed by atoms with Gasteiger partial charge in [0.2, 0.25) is 0 Å². The van der Waals surface area contributed by atoms with E-state index >= 15 is 0 Å². The highest BCUT2D eigenvalue weighted by molar-refractivity contribution is 7.99. The quantitative estimate of drug-likeness (QED) is 0.834. The molecule has 0 spiro atoms. The summed E-state index contributed by atoms with van der Waals surface area (Å²) in [5.74, 6) is 3.32. The van der Waals surface area contributed by atoms with Gasteiger partial charge in [0.05, 0.1) is 10.7 Å². The minimum atomic E-state index is 0.382. The molecule has 0 bridgehead atoms. The Morgan fingerprint density at radius 3 is 2.78 bits per heavy atom. The van der Waals surface area contributed by atoms with Crippen molar-refractivity contribution in [2.75, 3.05) is 23.4 Å². The molecule has 18 heavy (non-hydrogen) atoms. The molecular weight excluding hydrogens is 284 g/mol. The van der Waals surface area contributed by atoms with Crippen molar-refractivity contribution in [1.29, 1.82) is 0 Å². The maximum absolute atomic E-state index is 6.21. The van der Waals surface area contributed by atoms with E-state index in [0.29, 0.717) is 10.0 Å². The van der Waals surface area contributed by atoms with Crippen molar-refractivity contribution in [3.05, 3.63) is 28.8 Å². The Balaban J connectivity index is 1.94. The summed E-state index contributed by atoms with van der Waals surface area (Å²) in [5.41, 5.74) is 7.36. The van der Waals surface area contributed by atoms with Crippen LogP contribution < -0.4 is 11.1 Å². The van der Waals surface area contributed by atoms with Crippen LogP contribution in [0.5, 0.6) is 0 Å². The molecule has 0 radical (unpaired) electrons. The number of nitrogens with two attached hydrogens (primary N) is 1. The first-order chi connectivity index (χ1) is 8.66. The molecule has 2 rings (SSSR count). The highest BCUT2D eigenvalue weighted by Gasteiger charge is 2.13. The van der Waals surface area contributed by atoms with Crippen molar-refractivity contribution in [1.82, 2.24) is 0 Å². The van der Waals surface area contributed by atoms with E-state index in [1.807, 2.05) is 30.0 Å². The maximum atomic E-state index is 6.21. The Labute approximate surface area is 123 Å². The van der Waals surface area contributed by atoms with Gasteiger partial charge >= 0.3 is 0 Å². The number of rotatable bonds is 4. The van der Waals surface area contributed by atoms with Gasteiger partial charge in [0.25, 0.3) is 0 Å². The summed E-state index contributed by atoms with van der Waals surface area (Å²) < 4.78 is 0. The molecular formula is C13H17ClN2S2. The fourth-order valence-electron chi connectivity index (χ4n) is 2.02. The Morgan fingerprint density at radius 1 is 1.44 bits per heavy atom. The molecule has 1 aromatic rings. The van der Waals surface area contributed by atoms with E-state index in [4.69, 9.17) is 29.6 Å². The molecule has 0 unspecified atom stereocenters.